The molecule has 13 aromatic carbocycles. The van der Waals surface area contributed by atoms with Crippen molar-refractivity contribution in [2.75, 3.05) is 0 Å². The molecule has 0 atom stereocenters. The van der Waals surface area contributed by atoms with Crippen molar-refractivity contribution in [1.29, 1.82) is 10.5 Å². The lowest BCUT2D eigenvalue weighted by Crippen LogP contribution is -2.15. The van der Waals surface area contributed by atoms with Crippen LogP contribution >= 0.6 is 0 Å². The van der Waals surface area contributed by atoms with E-state index in [1.54, 1.807) is 0 Å². The van der Waals surface area contributed by atoms with Crippen molar-refractivity contribution < 1.29 is 0 Å². The normalized spacial score (nSPS) is 11.8. The summed E-state index contributed by atoms with van der Waals surface area (Å²) in [7, 11) is 0. The number of benzene rings is 13. The van der Waals surface area contributed by atoms with Gasteiger partial charge < -0.3 is 0 Å². The van der Waals surface area contributed by atoms with Crippen LogP contribution < -0.4 is 0 Å². The molecule has 14 heteroatoms. The van der Waals surface area contributed by atoms with Crippen molar-refractivity contribution >= 4 is 0 Å². The minimum atomic E-state index is -0.391. The fraction of sp³-hybridized carbons (Fsp3) is 0.0316. The maximum Gasteiger partial charge on any atom is 0.164 e. The molecule has 0 N–H and O–H groups in total. The maximum atomic E-state index is 9.98. The first-order valence-corrected chi connectivity index (χ1v) is 35.7. The molecule has 0 saturated carbocycles. The van der Waals surface area contributed by atoms with E-state index in [0.29, 0.717) is 92.1 Å². The molecule has 0 spiro atoms. The van der Waals surface area contributed by atoms with Gasteiger partial charge in [0.2, 0.25) is 0 Å². The second kappa shape index (κ2) is 28.2. The first-order valence-electron chi connectivity index (χ1n) is 35.7. The molecule has 0 amide bonds. The monoisotopic (exact) mass is 1400 g/mol. The van der Waals surface area contributed by atoms with Gasteiger partial charge in [-0.2, -0.15) is 10.5 Å². The Bertz CT molecular complexity index is 6300. The van der Waals surface area contributed by atoms with Crippen LogP contribution in [-0.4, -0.2) is 59.8 Å². The molecule has 4 heterocycles. The maximum absolute atomic E-state index is 9.98. The van der Waals surface area contributed by atoms with Crippen LogP contribution in [0.2, 0.25) is 0 Å². The van der Waals surface area contributed by atoms with Crippen LogP contribution in [0.25, 0.3) is 181 Å². The molecule has 0 radical (unpaired) electrons. The van der Waals surface area contributed by atoms with Gasteiger partial charge in [0.15, 0.2) is 69.9 Å². The Kier molecular flexibility index (Phi) is 17.0. The van der Waals surface area contributed by atoms with Crippen LogP contribution in [0.5, 0.6) is 0 Å². The summed E-state index contributed by atoms with van der Waals surface area (Å²) >= 11 is 0. The van der Waals surface area contributed by atoms with Gasteiger partial charge in [-0.1, -0.05) is 275 Å². The lowest BCUT2D eigenvalue weighted by atomic mass is 9.81. The molecule has 14 nitrogen and oxygen atoms in total. The molecule has 4 aromatic heterocycles. The molecule has 510 valence electrons. The van der Waals surface area contributed by atoms with Gasteiger partial charge in [-0.05, 0) is 122 Å². The van der Waals surface area contributed by atoms with E-state index in [2.05, 4.69) is 117 Å². The zero-order valence-electron chi connectivity index (χ0n) is 58.9. The number of hydrogen-bond acceptors (Lipinski definition) is 14. The van der Waals surface area contributed by atoms with Gasteiger partial charge in [-0.3, -0.25) is 0 Å². The average molecular weight is 1400 g/mol. The van der Waals surface area contributed by atoms with Crippen molar-refractivity contribution in [2.45, 2.75) is 19.3 Å². The lowest BCUT2D eigenvalue weighted by Gasteiger charge is -2.22. The summed E-state index contributed by atoms with van der Waals surface area (Å²) in [4.78, 5) is 62.3. The van der Waals surface area contributed by atoms with E-state index in [4.69, 9.17) is 59.8 Å². The van der Waals surface area contributed by atoms with Gasteiger partial charge >= 0.3 is 0 Å². The summed E-state index contributed by atoms with van der Waals surface area (Å²) in [6.45, 7) is 4.45. The summed E-state index contributed by atoms with van der Waals surface area (Å²) in [6.07, 6.45) is 0. The van der Waals surface area contributed by atoms with E-state index in [-0.39, 0.29) is 0 Å². The highest BCUT2D eigenvalue weighted by atomic mass is 15.1. The van der Waals surface area contributed by atoms with Gasteiger partial charge in [-0.25, -0.2) is 59.8 Å². The third-order valence-electron chi connectivity index (χ3n) is 19.7. The molecule has 109 heavy (non-hydrogen) atoms. The number of nitrogens with zero attached hydrogens (tertiary/aromatic N) is 14. The lowest BCUT2D eigenvalue weighted by molar-refractivity contribution is 0.660. The highest BCUT2D eigenvalue weighted by Crippen LogP contribution is 2.50. The Balaban J connectivity index is 0.723. The molecule has 0 fully saturated rings. The van der Waals surface area contributed by atoms with Gasteiger partial charge in [-0.15, -0.1) is 0 Å². The molecule has 0 aliphatic heterocycles. The Morgan fingerprint density at radius 3 is 0.679 bits per heavy atom. The Hall–Kier alpha value is -15.1. The van der Waals surface area contributed by atoms with E-state index >= 15 is 0 Å². The van der Waals surface area contributed by atoms with Crippen LogP contribution in [0.1, 0.15) is 36.1 Å². The highest BCUT2D eigenvalue weighted by Gasteiger charge is 2.36. The number of nitriles is 2. The number of rotatable bonds is 15. The summed E-state index contributed by atoms with van der Waals surface area (Å²) in [6, 6.07) is 113. The average Bonchev–Trinajstić information content (AvgIpc) is 1.57. The number of fused-ring (bicyclic) bond motifs is 3. The van der Waals surface area contributed by atoms with E-state index in [1.165, 1.54) is 0 Å². The van der Waals surface area contributed by atoms with E-state index < -0.39 is 5.41 Å². The number of hydrogen-bond donors (Lipinski definition) is 0. The van der Waals surface area contributed by atoms with Gasteiger partial charge in [0.25, 0.3) is 0 Å². The van der Waals surface area contributed by atoms with E-state index in [0.717, 1.165) is 111 Å². The summed E-state index contributed by atoms with van der Waals surface area (Å²) < 4.78 is 0. The minimum Gasteiger partial charge on any atom is -0.208 e. The summed E-state index contributed by atoms with van der Waals surface area (Å²) in [5.74, 6) is 5.95. The third-order valence-corrected chi connectivity index (χ3v) is 19.7. The molecule has 0 bridgehead atoms. The first-order chi connectivity index (χ1) is 53.6. The van der Waals surface area contributed by atoms with Crippen LogP contribution in [0.15, 0.2) is 328 Å². The van der Waals surface area contributed by atoms with Crippen molar-refractivity contribution in [2.24, 2.45) is 0 Å². The fourth-order valence-corrected chi connectivity index (χ4v) is 14.0. The molecule has 0 saturated heterocycles. The van der Waals surface area contributed by atoms with Crippen LogP contribution in [0, 0.1) is 22.7 Å². The van der Waals surface area contributed by atoms with Gasteiger partial charge in [0, 0.05) is 72.2 Å². The fourth-order valence-electron chi connectivity index (χ4n) is 14.0. The molecule has 1 aliphatic rings. The molecule has 18 rings (SSSR count). The minimum absolute atomic E-state index is 0.391. The molecular formula is C95H60N14. The van der Waals surface area contributed by atoms with Crippen molar-refractivity contribution in [3.05, 3.63) is 350 Å². The topological polar surface area (TPSA) is 202 Å². The molecule has 1 aliphatic carbocycles. The van der Waals surface area contributed by atoms with Crippen LogP contribution in [-0.2, 0) is 5.41 Å². The summed E-state index contributed by atoms with van der Waals surface area (Å²) in [5.41, 5.74) is 20.4. The quantitative estimate of drug-likeness (QED) is 0.0937. The van der Waals surface area contributed by atoms with Crippen LogP contribution in [0.4, 0.5) is 0 Å². The summed E-state index contributed by atoms with van der Waals surface area (Å²) in [5, 5.41) is 19.8. The zero-order chi connectivity index (χ0) is 73.4. The Labute approximate surface area is 629 Å². The van der Waals surface area contributed by atoms with Crippen molar-refractivity contribution in [3.63, 3.8) is 0 Å². The van der Waals surface area contributed by atoms with Gasteiger partial charge in [0.1, 0.15) is 0 Å². The van der Waals surface area contributed by atoms with Crippen molar-refractivity contribution in [1.82, 2.24) is 59.8 Å². The highest BCUT2D eigenvalue weighted by molar-refractivity contribution is 5.87. The van der Waals surface area contributed by atoms with E-state index in [9.17, 15) is 10.5 Å². The second-order valence-electron chi connectivity index (χ2n) is 27.1. The largest absolute Gasteiger partial charge is 0.208 e. The predicted octanol–water partition coefficient (Wildman–Crippen LogP) is 21.5. The first kappa shape index (κ1) is 65.9. The van der Waals surface area contributed by atoms with Crippen molar-refractivity contribution in [3.8, 4) is 193 Å². The van der Waals surface area contributed by atoms with E-state index in [1.807, 2.05) is 237 Å². The standard InChI is InChI=1S/C95H60N14/c1-95(2)81-49-60(58-97)35-47-79(81)80-48-46-72(56-82(80)95)74-52-77(93-104-85(66-25-13-5-14-26-66)99-86(105-93)67-27-15-6-16-28-67)55-78(53-74)94-107-88(69-31-19-8-20-32-69)101-90(109-94)71-44-40-62(41-45-71)61-38-42-70(43-39-61)89-100-87(68-29-17-7-18-30-68)106-92(108-89)76-51-73(63-36-33-59(57-96)34-37-63)50-75(54-76)91-102-83(64-21-9-3-10-22-64)98-84(103-91)65-23-11-4-12-24-65/h3-56H,1-2H3. The predicted molar refractivity (Wildman–Crippen MR) is 429 cm³/mol. The molecule has 0 unspecified atom stereocenters. The Morgan fingerprint density at radius 1 is 0.183 bits per heavy atom. The third kappa shape index (κ3) is 13.2. The van der Waals surface area contributed by atoms with Crippen LogP contribution in [0.3, 0.4) is 0 Å². The second-order valence-corrected chi connectivity index (χ2v) is 27.1. The molecular weight excluding hydrogens is 1340 g/mol. The smallest absolute Gasteiger partial charge is 0.164 e. The van der Waals surface area contributed by atoms with Gasteiger partial charge in [0.05, 0.1) is 23.3 Å². The Morgan fingerprint density at radius 2 is 0.385 bits per heavy atom. The molecule has 17 aromatic rings. The number of aromatic nitrogens is 12. The zero-order valence-corrected chi connectivity index (χ0v) is 58.9. The SMILES string of the molecule is CC1(C)c2cc(C#N)ccc2-c2ccc(-c3cc(-c4nc(-c5ccccc5)nc(-c5ccccc5)n4)cc(-c4nc(-c5ccccc5)nc(-c5ccc(-c6ccc(-c7nc(-c8ccccc8)nc(-c8cc(-c9ccc(C#N)cc9)cc(-c9nc(-c%10ccccc%10)nc(-c%10ccccc%10)n9)c8)n7)cc6)cc5)n4)c3)cc21.